The van der Waals surface area contributed by atoms with Gasteiger partial charge in [0.05, 0.1) is 18.7 Å². The Morgan fingerprint density at radius 3 is 2.62 bits per heavy atom. The molecule has 0 unspecified atom stereocenters. The van der Waals surface area contributed by atoms with Crippen LogP contribution in [0.4, 0.5) is 0 Å². The highest BCUT2D eigenvalue weighted by Gasteiger charge is 2.12. The lowest BCUT2D eigenvalue weighted by Crippen LogP contribution is -1.93. The number of benzene rings is 1. The van der Waals surface area contributed by atoms with Crippen molar-refractivity contribution in [1.29, 1.82) is 0 Å². The fourth-order valence-electron chi connectivity index (χ4n) is 1.48. The average Bonchev–Trinajstić information content (AvgIpc) is 2.81. The van der Waals surface area contributed by atoms with Crippen LogP contribution in [0.25, 0.3) is 11.4 Å². The van der Waals surface area contributed by atoms with E-state index in [1.807, 2.05) is 12.1 Å². The largest absolute Gasteiger partial charge is 0.493 e. The molecule has 1 aromatic carbocycles. The molecule has 0 saturated heterocycles. The number of aromatic amines is 1. The number of hydrogen-bond donors (Lipinski definition) is 1. The molecule has 0 radical (unpaired) electrons. The third kappa shape index (κ3) is 1.90. The number of ether oxygens (including phenoxy) is 2. The predicted molar refractivity (Wildman–Crippen MR) is 64.8 cm³/mol. The van der Waals surface area contributed by atoms with E-state index in [1.165, 1.54) is 0 Å². The Morgan fingerprint density at radius 1 is 1.25 bits per heavy atom. The highest BCUT2D eigenvalue weighted by atomic mass is 79.9. The molecule has 2 aromatic rings. The number of halogens is 1. The monoisotopic (exact) mass is 282 g/mol. The lowest BCUT2D eigenvalue weighted by Gasteiger charge is -2.10. The first-order valence-corrected chi connectivity index (χ1v) is 5.47. The number of methoxy groups -OCH3 is 2. The molecule has 0 bridgehead atoms. The quantitative estimate of drug-likeness (QED) is 0.942. The molecule has 0 spiro atoms. The Kier molecular flexibility index (Phi) is 3.14. The van der Waals surface area contributed by atoms with Crippen LogP contribution in [0, 0.1) is 0 Å². The van der Waals surface area contributed by atoms with Gasteiger partial charge in [0.25, 0.3) is 0 Å². The zero-order valence-corrected chi connectivity index (χ0v) is 10.5. The van der Waals surface area contributed by atoms with Gasteiger partial charge in [0, 0.05) is 18.0 Å². The third-order valence-electron chi connectivity index (χ3n) is 2.21. The van der Waals surface area contributed by atoms with E-state index in [-0.39, 0.29) is 0 Å². The van der Waals surface area contributed by atoms with E-state index in [0.717, 1.165) is 15.9 Å². The van der Waals surface area contributed by atoms with Gasteiger partial charge in [-0.2, -0.15) is 0 Å². The molecule has 0 saturated carbocycles. The summed E-state index contributed by atoms with van der Waals surface area (Å²) in [6, 6.07) is 3.81. The molecule has 2 rings (SSSR count). The standard InChI is InChI=1S/C11H11BrN2O2/c1-15-9-6-7(11-13-3-4-14-11)5-8(12)10(9)16-2/h3-6H,1-2H3,(H,13,14). The molecule has 1 aromatic heterocycles. The van der Waals surface area contributed by atoms with Crippen molar-refractivity contribution in [3.05, 3.63) is 29.0 Å². The minimum absolute atomic E-state index is 0.670. The smallest absolute Gasteiger partial charge is 0.174 e. The van der Waals surface area contributed by atoms with Gasteiger partial charge in [0.15, 0.2) is 11.5 Å². The number of hydrogen-bond acceptors (Lipinski definition) is 3. The molecule has 0 aliphatic rings. The number of nitrogens with one attached hydrogen (secondary N) is 1. The maximum absolute atomic E-state index is 5.26. The Labute approximate surface area is 102 Å². The molecule has 5 heteroatoms. The van der Waals surface area contributed by atoms with Crippen molar-refractivity contribution in [3.63, 3.8) is 0 Å². The summed E-state index contributed by atoms with van der Waals surface area (Å²) < 4.78 is 11.3. The van der Waals surface area contributed by atoms with E-state index in [1.54, 1.807) is 26.6 Å². The molecule has 0 fully saturated rings. The van der Waals surface area contributed by atoms with E-state index in [9.17, 15) is 0 Å². The zero-order chi connectivity index (χ0) is 11.5. The minimum atomic E-state index is 0.670. The Morgan fingerprint density at radius 2 is 2.06 bits per heavy atom. The maximum Gasteiger partial charge on any atom is 0.174 e. The number of imidazole rings is 1. The second-order valence-electron chi connectivity index (χ2n) is 3.13. The van der Waals surface area contributed by atoms with Crippen molar-refractivity contribution >= 4 is 15.9 Å². The second-order valence-corrected chi connectivity index (χ2v) is 3.99. The average molecular weight is 283 g/mol. The van der Waals surface area contributed by atoms with Gasteiger partial charge in [0.1, 0.15) is 5.82 Å². The van der Waals surface area contributed by atoms with Crippen molar-refractivity contribution in [2.75, 3.05) is 14.2 Å². The fraction of sp³-hybridized carbons (Fsp3) is 0.182. The SMILES string of the molecule is COc1cc(-c2ncc[nH]2)cc(Br)c1OC. The third-order valence-corrected chi connectivity index (χ3v) is 2.79. The van der Waals surface area contributed by atoms with Gasteiger partial charge in [-0.05, 0) is 28.1 Å². The Balaban J connectivity index is 2.54. The highest BCUT2D eigenvalue weighted by Crippen LogP contribution is 2.38. The topological polar surface area (TPSA) is 47.1 Å². The van der Waals surface area contributed by atoms with Crippen LogP contribution in [0.15, 0.2) is 29.0 Å². The number of rotatable bonds is 3. The van der Waals surface area contributed by atoms with Gasteiger partial charge in [-0.1, -0.05) is 0 Å². The first-order chi connectivity index (χ1) is 7.76. The first-order valence-electron chi connectivity index (χ1n) is 4.67. The van der Waals surface area contributed by atoms with Crippen LogP contribution < -0.4 is 9.47 Å². The minimum Gasteiger partial charge on any atom is -0.493 e. The Hall–Kier alpha value is -1.49. The summed E-state index contributed by atoms with van der Waals surface area (Å²) in [5, 5.41) is 0. The van der Waals surface area contributed by atoms with E-state index < -0.39 is 0 Å². The van der Waals surface area contributed by atoms with Crippen LogP contribution in [-0.2, 0) is 0 Å². The van der Waals surface area contributed by atoms with Crippen LogP contribution in [0.3, 0.4) is 0 Å². The van der Waals surface area contributed by atoms with Gasteiger partial charge in [-0.3, -0.25) is 0 Å². The summed E-state index contributed by atoms with van der Waals surface area (Å²) in [6.07, 6.45) is 3.49. The van der Waals surface area contributed by atoms with Gasteiger partial charge in [-0.15, -0.1) is 0 Å². The normalized spacial score (nSPS) is 10.2. The van der Waals surface area contributed by atoms with Gasteiger partial charge in [0.2, 0.25) is 0 Å². The van der Waals surface area contributed by atoms with Crippen molar-refractivity contribution in [1.82, 2.24) is 9.97 Å². The van der Waals surface area contributed by atoms with E-state index >= 15 is 0 Å². The maximum atomic E-state index is 5.26. The van der Waals surface area contributed by atoms with Crippen molar-refractivity contribution < 1.29 is 9.47 Å². The highest BCUT2D eigenvalue weighted by molar-refractivity contribution is 9.10. The summed E-state index contributed by atoms with van der Waals surface area (Å²) in [7, 11) is 3.21. The molecule has 0 aliphatic carbocycles. The summed E-state index contributed by atoms with van der Waals surface area (Å²) in [4.78, 5) is 7.23. The Bertz CT molecular complexity index is 483. The van der Waals surface area contributed by atoms with Crippen LogP contribution in [0.1, 0.15) is 0 Å². The summed E-state index contributed by atoms with van der Waals surface area (Å²) in [5.74, 6) is 2.14. The van der Waals surface area contributed by atoms with Crippen molar-refractivity contribution in [2.45, 2.75) is 0 Å². The molecule has 4 nitrogen and oxygen atoms in total. The molecule has 16 heavy (non-hydrogen) atoms. The molecule has 1 N–H and O–H groups in total. The van der Waals surface area contributed by atoms with E-state index in [4.69, 9.17) is 9.47 Å². The van der Waals surface area contributed by atoms with Crippen LogP contribution in [0.2, 0.25) is 0 Å². The predicted octanol–water partition coefficient (Wildman–Crippen LogP) is 2.86. The lowest BCUT2D eigenvalue weighted by atomic mass is 10.2. The second kappa shape index (κ2) is 4.57. The van der Waals surface area contributed by atoms with Gasteiger partial charge in [-0.25, -0.2) is 4.98 Å². The lowest BCUT2D eigenvalue weighted by molar-refractivity contribution is 0.353. The molecule has 84 valence electrons. The molecule has 0 amide bonds. The summed E-state index contributed by atoms with van der Waals surface area (Å²) in [6.45, 7) is 0. The van der Waals surface area contributed by atoms with Crippen molar-refractivity contribution in [3.8, 4) is 22.9 Å². The summed E-state index contributed by atoms with van der Waals surface area (Å²) >= 11 is 3.44. The van der Waals surface area contributed by atoms with E-state index in [0.29, 0.717) is 11.5 Å². The van der Waals surface area contributed by atoms with Gasteiger partial charge >= 0.3 is 0 Å². The molecular weight excluding hydrogens is 272 g/mol. The zero-order valence-electron chi connectivity index (χ0n) is 8.95. The first kappa shape index (κ1) is 11.0. The molecular formula is C11H11BrN2O2. The van der Waals surface area contributed by atoms with Crippen LogP contribution in [-0.4, -0.2) is 24.2 Å². The van der Waals surface area contributed by atoms with Gasteiger partial charge < -0.3 is 14.5 Å². The summed E-state index contributed by atoms with van der Waals surface area (Å²) in [5.41, 5.74) is 0.939. The van der Waals surface area contributed by atoms with E-state index in [2.05, 4.69) is 25.9 Å². The van der Waals surface area contributed by atoms with Crippen LogP contribution >= 0.6 is 15.9 Å². The number of nitrogens with zero attached hydrogens (tertiary/aromatic N) is 1. The van der Waals surface area contributed by atoms with Crippen LogP contribution in [0.5, 0.6) is 11.5 Å². The van der Waals surface area contributed by atoms with Crippen molar-refractivity contribution in [2.24, 2.45) is 0 Å². The number of H-pyrrole nitrogens is 1. The molecule has 0 aliphatic heterocycles. The molecule has 1 heterocycles. The number of aromatic nitrogens is 2. The fourth-order valence-corrected chi connectivity index (χ4v) is 2.08. The molecule has 0 atom stereocenters.